The Kier molecular flexibility index (Phi) is 9.44. The average Bonchev–Trinajstić information content (AvgIpc) is 2.36. The third-order valence-electron chi connectivity index (χ3n) is 2.75. The summed E-state index contributed by atoms with van der Waals surface area (Å²) in [5.74, 6) is -0.140. The topological polar surface area (TPSA) is 62.8 Å². The molecule has 0 radical (unpaired) electrons. The Morgan fingerprint density at radius 2 is 1.81 bits per heavy atom. The van der Waals surface area contributed by atoms with Crippen LogP contribution in [0.15, 0.2) is 0 Å². The lowest BCUT2D eigenvalue weighted by atomic mass is 9.94. The molecule has 1 saturated heterocycles. The smallest absolute Gasteiger partial charge is 0.420 e. The maximum absolute atomic E-state index is 11.4. The zero-order chi connectivity index (χ0) is 10.6. The Bertz CT molecular complexity index is 249. The second-order valence-electron chi connectivity index (χ2n) is 4.19. The zero-order valence-electron chi connectivity index (χ0n) is 9.69. The molecule has 3 amide bonds. The number of nitrogens with one attached hydrogen (secondary N) is 1. The van der Waals surface area contributed by atoms with Crippen molar-refractivity contribution in [3.63, 3.8) is 0 Å². The molecule has 0 aliphatic carbocycles. The van der Waals surface area contributed by atoms with Crippen molar-refractivity contribution in [3.05, 3.63) is 0 Å². The van der Waals surface area contributed by atoms with Gasteiger partial charge in [-0.25, -0.2) is 10.1 Å². The van der Waals surface area contributed by atoms with Crippen molar-refractivity contribution in [2.45, 2.75) is 51.5 Å². The standard InChI is InChI=1S/C10H18N2O2.2BrH/c1-3-4-5-6-7-10(2)8(13)11-9(14)12-10;;/h3-7H2,1-2H3,(H2,11,12,13,14);2*1H/p-1. The number of carbonyl (C=O) groups excluding carboxylic acids is 2. The van der Waals surface area contributed by atoms with Gasteiger partial charge in [-0.2, -0.15) is 0 Å². The number of imide groups is 1. The number of unbranched alkanes of at least 4 members (excludes halogenated alkanes) is 3. The van der Waals surface area contributed by atoms with Crippen molar-refractivity contribution >= 4 is 11.9 Å². The van der Waals surface area contributed by atoms with Crippen molar-refractivity contribution in [3.8, 4) is 0 Å². The molecule has 0 bridgehead atoms. The predicted molar refractivity (Wildman–Crippen MR) is 52.6 cm³/mol. The minimum Gasteiger partial charge on any atom is -1.00 e. The van der Waals surface area contributed by atoms with Crippen molar-refractivity contribution in [1.29, 1.82) is 0 Å². The van der Waals surface area contributed by atoms with E-state index in [1.54, 1.807) is 0 Å². The van der Waals surface area contributed by atoms with Gasteiger partial charge in [-0.05, 0) is 6.42 Å². The Balaban J connectivity index is 0. The predicted octanol–water partition coefficient (Wildman–Crippen LogP) is -5.46. The van der Waals surface area contributed by atoms with Gasteiger partial charge in [0.25, 0.3) is 5.91 Å². The van der Waals surface area contributed by atoms with Crippen molar-refractivity contribution in [1.82, 2.24) is 5.32 Å². The summed E-state index contributed by atoms with van der Waals surface area (Å²) in [7, 11) is 0. The molecule has 1 heterocycles. The Hall–Kier alpha value is 0.0600. The normalized spacial score (nSPS) is 23.4. The van der Waals surface area contributed by atoms with Crippen LogP contribution in [-0.4, -0.2) is 17.5 Å². The number of urea groups is 1. The van der Waals surface area contributed by atoms with Gasteiger partial charge in [-0.1, -0.05) is 26.2 Å². The summed E-state index contributed by atoms with van der Waals surface area (Å²) in [6, 6.07) is -0.243. The largest absolute Gasteiger partial charge is 1.00 e. The number of halogens is 2. The molecule has 1 aliphatic rings. The van der Waals surface area contributed by atoms with E-state index in [-0.39, 0.29) is 45.9 Å². The Morgan fingerprint density at radius 3 is 2.25 bits per heavy atom. The second kappa shape index (κ2) is 8.20. The SMILES string of the molecule is CCCCCCC1(C)[NH2+]C(=O)NC1=O.[Br-].[Br-]. The highest BCUT2D eigenvalue weighted by molar-refractivity contribution is 5.99. The zero-order valence-corrected chi connectivity index (χ0v) is 12.9. The second-order valence-corrected chi connectivity index (χ2v) is 4.19. The Labute approximate surface area is 117 Å². The van der Waals surface area contributed by atoms with Gasteiger partial charge in [0, 0.05) is 13.3 Å². The lowest BCUT2D eigenvalue weighted by molar-refractivity contribution is -0.609. The fraction of sp³-hybridized carbons (Fsp3) is 0.800. The van der Waals surface area contributed by atoms with Gasteiger partial charge in [0.05, 0.1) is 0 Å². The molecular formula is C10H19Br2N2O2-. The molecule has 3 N–H and O–H groups in total. The number of carbonyl (C=O) groups is 2. The van der Waals surface area contributed by atoms with Crippen LogP contribution in [0.2, 0.25) is 0 Å². The van der Waals surface area contributed by atoms with Crippen LogP contribution in [0.25, 0.3) is 0 Å². The van der Waals surface area contributed by atoms with Crippen LogP contribution < -0.4 is 44.6 Å². The minimum absolute atomic E-state index is 0. The van der Waals surface area contributed by atoms with E-state index in [4.69, 9.17) is 0 Å². The van der Waals surface area contributed by atoms with E-state index >= 15 is 0 Å². The quantitative estimate of drug-likeness (QED) is 0.380. The Morgan fingerprint density at radius 1 is 1.19 bits per heavy atom. The number of amides is 3. The molecule has 4 nitrogen and oxygen atoms in total. The highest BCUT2D eigenvalue weighted by Crippen LogP contribution is 2.13. The summed E-state index contributed by atoms with van der Waals surface area (Å²) in [4.78, 5) is 22.4. The third-order valence-corrected chi connectivity index (χ3v) is 2.75. The molecule has 0 aromatic carbocycles. The van der Waals surface area contributed by atoms with E-state index in [1.165, 1.54) is 18.2 Å². The molecule has 0 spiro atoms. The molecule has 0 aromatic heterocycles. The molecule has 1 fully saturated rings. The lowest BCUT2D eigenvalue weighted by Gasteiger charge is -2.15. The molecule has 1 rings (SSSR count). The summed E-state index contributed by atoms with van der Waals surface area (Å²) in [5.41, 5.74) is -0.551. The fourth-order valence-corrected chi connectivity index (χ4v) is 1.75. The van der Waals surface area contributed by atoms with E-state index in [2.05, 4.69) is 12.2 Å². The van der Waals surface area contributed by atoms with Gasteiger partial charge in [-0.15, -0.1) is 0 Å². The summed E-state index contributed by atoms with van der Waals surface area (Å²) in [6.07, 6.45) is 5.32. The molecule has 1 aliphatic heterocycles. The van der Waals surface area contributed by atoms with E-state index in [1.807, 2.05) is 6.92 Å². The van der Waals surface area contributed by atoms with E-state index in [0.29, 0.717) is 0 Å². The van der Waals surface area contributed by atoms with Gasteiger partial charge in [0.2, 0.25) is 0 Å². The number of hydrogen-bond donors (Lipinski definition) is 2. The number of primary amides is 1. The van der Waals surface area contributed by atoms with Gasteiger partial charge in [0.15, 0.2) is 5.54 Å². The van der Waals surface area contributed by atoms with Crippen LogP contribution >= 0.6 is 0 Å². The van der Waals surface area contributed by atoms with Crippen LogP contribution in [0.3, 0.4) is 0 Å². The van der Waals surface area contributed by atoms with Crippen LogP contribution in [-0.2, 0) is 4.79 Å². The number of nitrogens with two attached hydrogens (primary N) is 1. The first-order valence-electron chi connectivity index (χ1n) is 5.30. The molecule has 96 valence electrons. The van der Waals surface area contributed by atoms with E-state index in [9.17, 15) is 9.59 Å². The molecule has 0 saturated carbocycles. The highest BCUT2D eigenvalue weighted by atomic mass is 79.9. The summed E-state index contributed by atoms with van der Waals surface area (Å²) in [5, 5.41) is 3.83. The maximum Gasteiger partial charge on any atom is 0.420 e. The van der Waals surface area contributed by atoms with Crippen LogP contribution in [0, 0.1) is 0 Å². The fourth-order valence-electron chi connectivity index (χ4n) is 1.75. The summed E-state index contributed by atoms with van der Waals surface area (Å²) >= 11 is 0. The molecule has 0 aromatic rings. The third kappa shape index (κ3) is 4.93. The van der Waals surface area contributed by atoms with Gasteiger partial charge in [0.1, 0.15) is 0 Å². The summed E-state index contributed by atoms with van der Waals surface area (Å²) in [6.45, 7) is 3.98. The first-order valence-corrected chi connectivity index (χ1v) is 5.30. The van der Waals surface area contributed by atoms with Crippen molar-refractivity contribution < 1.29 is 48.9 Å². The minimum atomic E-state index is -0.551. The van der Waals surface area contributed by atoms with Crippen LogP contribution in [0.4, 0.5) is 4.79 Å². The molecular weight excluding hydrogens is 340 g/mol. The van der Waals surface area contributed by atoms with Crippen LogP contribution in [0.1, 0.15) is 46.0 Å². The van der Waals surface area contributed by atoms with Crippen molar-refractivity contribution in [2.24, 2.45) is 0 Å². The van der Waals surface area contributed by atoms with Gasteiger partial charge < -0.3 is 34.0 Å². The average molecular weight is 359 g/mol. The van der Waals surface area contributed by atoms with Gasteiger partial charge >= 0.3 is 6.03 Å². The van der Waals surface area contributed by atoms with Crippen LogP contribution in [0.5, 0.6) is 0 Å². The van der Waals surface area contributed by atoms with Gasteiger partial charge in [-0.3, -0.25) is 10.1 Å². The number of rotatable bonds is 5. The lowest BCUT2D eigenvalue weighted by Crippen LogP contribution is -3.00. The number of quaternary nitrogens is 1. The van der Waals surface area contributed by atoms with E-state index < -0.39 is 5.54 Å². The first-order chi connectivity index (χ1) is 6.58. The number of hydrogen-bond acceptors (Lipinski definition) is 2. The molecule has 16 heavy (non-hydrogen) atoms. The molecule has 6 heteroatoms. The first kappa shape index (κ1) is 18.4. The van der Waals surface area contributed by atoms with E-state index in [0.717, 1.165) is 19.3 Å². The highest BCUT2D eigenvalue weighted by Gasteiger charge is 2.46. The molecule has 1 unspecified atom stereocenters. The monoisotopic (exact) mass is 357 g/mol. The summed E-state index contributed by atoms with van der Waals surface area (Å²) < 4.78 is 0. The van der Waals surface area contributed by atoms with Crippen molar-refractivity contribution in [2.75, 3.05) is 0 Å². The molecule has 1 atom stereocenters. The maximum atomic E-state index is 11.4.